The number of sulfone groups is 1. The highest BCUT2D eigenvalue weighted by Crippen LogP contribution is 2.26. The normalized spacial score (nSPS) is 12.7. The molecule has 2 aromatic rings. The number of benzene rings is 2. The molecular weight excluding hydrogens is 324 g/mol. The van der Waals surface area contributed by atoms with Crippen molar-refractivity contribution >= 4 is 27.4 Å². The van der Waals surface area contributed by atoms with Crippen LogP contribution in [-0.2, 0) is 14.6 Å². The fraction of sp³-hybridized carbons (Fsp3) is 0.188. The topological polar surface area (TPSA) is 60.4 Å². The molecule has 6 heteroatoms. The van der Waals surface area contributed by atoms with Crippen LogP contribution in [0.5, 0.6) is 0 Å². The summed E-state index contributed by atoms with van der Waals surface area (Å²) in [6.07, 6.45) is 0.607. The molecule has 0 heterocycles. The molecule has 0 saturated heterocycles. The first-order valence-electron chi connectivity index (χ1n) is 6.54. The highest BCUT2D eigenvalue weighted by Gasteiger charge is 2.16. The lowest BCUT2D eigenvalue weighted by Crippen LogP contribution is -2.10. The fourth-order valence-corrected chi connectivity index (χ4v) is 2.85. The molecule has 0 bridgehead atoms. The van der Waals surface area contributed by atoms with Crippen LogP contribution in [0.3, 0.4) is 0 Å². The summed E-state index contributed by atoms with van der Waals surface area (Å²) in [7, 11) is -3.29. The first kappa shape index (κ1) is 16.5. The van der Waals surface area contributed by atoms with Gasteiger partial charge in [0.15, 0.2) is 9.84 Å². The quantitative estimate of drug-likeness (QED) is 0.798. The van der Waals surface area contributed by atoms with Crippen LogP contribution in [0.2, 0.25) is 5.02 Å². The Bertz CT molecular complexity index is 782. The van der Waals surface area contributed by atoms with E-state index in [9.17, 15) is 13.2 Å². The maximum absolute atomic E-state index is 12.1. The van der Waals surface area contributed by atoms with Gasteiger partial charge in [-0.15, -0.1) is 0 Å². The van der Waals surface area contributed by atoms with Crippen molar-refractivity contribution in [3.05, 3.63) is 64.7 Å². The van der Waals surface area contributed by atoms with Gasteiger partial charge in [0, 0.05) is 16.8 Å². The average molecular weight is 339 g/mol. The predicted molar refractivity (Wildman–Crippen MR) is 84.8 cm³/mol. The summed E-state index contributed by atoms with van der Waals surface area (Å²) in [6.45, 7) is 1.73. The summed E-state index contributed by atoms with van der Waals surface area (Å²) in [5, 5.41) is 0.523. The minimum atomic E-state index is -3.29. The van der Waals surface area contributed by atoms with Gasteiger partial charge < -0.3 is 4.74 Å². The molecule has 0 aliphatic carbocycles. The number of hydrogen-bond acceptors (Lipinski definition) is 4. The van der Waals surface area contributed by atoms with Gasteiger partial charge in [-0.1, -0.05) is 29.8 Å². The highest BCUT2D eigenvalue weighted by atomic mass is 35.5. The van der Waals surface area contributed by atoms with Crippen LogP contribution in [0, 0.1) is 0 Å². The van der Waals surface area contributed by atoms with E-state index in [1.54, 1.807) is 25.1 Å². The number of carbonyl (C=O) groups is 1. The zero-order valence-corrected chi connectivity index (χ0v) is 13.7. The van der Waals surface area contributed by atoms with E-state index in [4.69, 9.17) is 16.3 Å². The van der Waals surface area contributed by atoms with Crippen molar-refractivity contribution in [3.8, 4) is 0 Å². The van der Waals surface area contributed by atoms with Crippen LogP contribution in [-0.4, -0.2) is 20.6 Å². The maximum Gasteiger partial charge on any atom is 0.338 e. The third-order valence-electron chi connectivity index (χ3n) is 3.15. The van der Waals surface area contributed by atoms with Crippen LogP contribution < -0.4 is 0 Å². The third kappa shape index (κ3) is 3.87. The molecule has 116 valence electrons. The summed E-state index contributed by atoms with van der Waals surface area (Å²) in [4.78, 5) is 12.2. The van der Waals surface area contributed by atoms with Gasteiger partial charge in [0.25, 0.3) is 0 Å². The molecule has 4 nitrogen and oxygen atoms in total. The third-order valence-corrected chi connectivity index (χ3v) is 4.62. The van der Waals surface area contributed by atoms with E-state index < -0.39 is 21.9 Å². The van der Waals surface area contributed by atoms with Crippen molar-refractivity contribution in [3.63, 3.8) is 0 Å². The summed E-state index contributed by atoms with van der Waals surface area (Å²) < 4.78 is 28.1. The van der Waals surface area contributed by atoms with Crippen LogP contribution in [0.4, 0.5) is 0 Å². The van der Waals surface area contributed by atoms with E-state index in [-0.39, 0.29) is 10.5 Å². The van der Waals surface area contributed by atoms with Gasteiger partial charge in [0.2, 0.25) is 0 Å². The Morgan fingerprint density at radius 1 is 1.09 bits per heavy atom. The second kappa shape index (κ2) is 6.50. The molecule has 2 rings (SSSR count). The highest BCUT2D eigenvalue weighted by molar-refractivity contribution is 7.90. The molecule has 22 heavy (non-hydrogen) atoms. The molecular formula is C16H15ClO4S. The monoisotopic (exact) mass is 338 g/mol. The zero-order valence-electron chi connectivity index (χ0n) is 12.1. The van der Waals surface area contributed by atoms with Crippen molar-refractivity contribution < 1.29 is 17.9 Å². The van der Waals surface area contributed by atoms with E-state index in [1.165, 1.54) is 24.3 Å². The molecule has 1 atom stereocenters. The van der Waals surface area contributed by atoms with Gasteiger partial charge in [0.1, 0.15) is 6.10 Å². The van der Waals surface area contributed by atoms with E-state index >= 15 is 0 Å². The maximum atomic E-state index is 12.1. The average Bonchev–Trinajstić information content (AvgIpc) is 2.46. The number of ether oxygens (including phenoxy) is 1. The van der Waals surface area contributed by atoms with E-state index in [0.717, 1.165) is 6.26 Å². The van der Waals surface area contributed by atoms with Crippen molar-refractivity contribution in [2.45, 2.75) is 17.9 Å². The molecule has 0 spiro atoms. The Kier molecular flexibility index (Phi) is 4.88. The van der Waals surface area contributed by atoms with Gasteiger partial charge >= 0.3 is 5.97 Å². The molecule has 0 N–H and O–H groups in total. The lowest BCUT2D eigenvalue weighted by Gasteiger charge is -2.15. The van der Waals surface area contributed by atoms with Gasteiger partial charge in [-0.05, 0) is 37.3 Å². The van der Waals surface area contributed by atoms with Crippen LogP contribution >= 0.6 is 11.6 Å². The van der Waals surface area contributed by atoms with E-state index in [1.807, 2.05) is 6.07 Å². The standard InChI is InChI=1S/C16H15ClO4S/c1-11(14-5-3-4-6-15(14)17)21-16(18)12-7-9-13(10-8-12)22(2,19)20/h3-11H,1-2H3. The number of hydrogen-bond donors (Lipinski definition) is 0. The molecule has 1 unspecified atom stereocenters. The minimum absolute atomic E-state index is 0.156. The van der Waals surface area contributed by atoms with Gasteiger partial charge in [-0.25, -0.2) is 13.2 Å². The lowest BCUT2D eigenvalue weighted by molar-refractivity contribution is 0.0338. The molecule has 0 radical (unpaired) electrons. The Morgan fingerprint density at radius 2 is 1.68 bits per heavy atom. The van der Waals surface area contributed by atoms with Crippen molar-refractivity contribution in [2.24, 2.45) is 0 Å². The molecule has 0 fully saturated rings. The van der Waals surface area contributed by atoms with Gasteiger partial charge in [-0.3, -0.25) is 0 Å². The first-order chi connectivity index (χ1) is 10.3. The van der Waals surface area contributed by atoms with Crippen molar-refractivity contribution in [1.29, 1.82) is 0 Å². The van der Waals surface area contributed by atoms with Gasteiger partial charge in [-0.2, -0.15) is 0 Å². The summed E-state index contributed by atoms with van der Waals surface area (Å²) in [5.41, 5.74) is 0.997. The predicted octanol–water partition coefficient (Wildman–Crippen LogP) is 3.66. The Morgan fingerprint density at radius 3 is 2.23 bits per heavy atom. The number of halogens is 1. The lowest BCUT2D eigenvalue weighted by atomic mass is 10.1. The zero-order chi connectivity index (χ0) is 16.3. The van der Waals surface area contributed by atoms with Crippen LogP contribution in [0.1, 0.15) is 28.9 Å². The van der Waals surface area contributed by atoms with Crippen molar-refractivity contribution in [2.75, 3.05) is 6.26 Å². The largest absolute Gasteiger partial charge is 0.454 e. The number of carbonyl (C=O) groups excluding carboxylic acids is 1. The second-order valence-electron chi connectivity index (χ2n) is 4.87. The number of rotatable bonds is 4. The minimum Gasteiger partial charge on any atom is -0.454 e. The second-order valence-corrected chi connectivity index (χ2v) is 7.29. The molecule has 2 aromatic carbocycles. The molecule has 0 amide bonds. The molecule has 0 saturated carbocycles. The van der Waals surface area contributed by atoms with Gasteiger partial charge in [0.05, 0.1) is 10.5 Å². The Balaban J connectivity index is 2.14. The Hall–Kier alpha value is -1.85. The molecule has 0 aliphatic heterocycles. The van der Waals surface area contributed by atoms with E-state index in [2.05, 4.69) is 0 Å². The van der Waals surface area contributed by atoms with Crippen molar-refractivity contribution in [1.82, 2.24) is 0 Å². The number of esters is 1. The van der Waals surface area contributed by atoms with Crippen LogP contribution in [0.15, 0.2) is 53.4 Å². The molecule has 0 aliphatic rings. The fourth-order valence-electron chi connectivity index (χ4n) is 1.94. The molecule has 0 aromatic heterocycles. The van der Waals surface area contributed by atoms with Crippen LogP contribution in [0.25, 0.3) is 0 Å². The SMILES string of the molecule is CC(OC(=O)c1ccc(S(C)(=O)=O)cc1)c1ccccc1Cl. The Labute approximate surface area is 134 Å². The summed E-state index contributed by atoms with van der Waals surface area (Å²) in [6, 6.07) is 12.7. The van der Waals surface area contributed by atoms with E-state index in [0.29, 0.717) is 10.6 Å². The smallest absolute Gasteiger partial charge is 0.338 e. The summed E-state index contributed by atoms with van der Waals surface area (Å²) >= 11 is 6.06. The first-order valence-corrected chi connectivity index (χ1v) is 8.81. The summed E-state index contributed by atoms with van der Waals surface area (Å²) in [5.74, 6) is -0.535.